The molecule has 8 nitrogen and oxygen atoms in total. The lowest BCUT2D eigenvalue weighted by Gasteiger charge is -2.45. The minimum atomic E-state index is -4.16. The van der Waals surface area contributed by atoms with Gasteiger partial charge in [0.2, 0.25) is 10.0 Å². The molecule has 41 heavy (non-hydrogen) atoms. The summed E-state index contributed by atoms with van der Waals surface area (Å²) in [5.41, 5.74) is 3.12. The molecule has 2 aromatic rings. The number of nitrogens with zero attached hydrogens (tertiary/aromatic N) is 1. The Labute approximate surface area is 246 Å². The van der Waals surface area contributed by atoms with Crippen molar-refractivity contribution in [3.63, 3.8) is 0 Å². The molecular formula is C31H37ClN2O6S. The monoisotopic (exact) mass is 600 g/mol. The first-order valence-corrected chi connectivity index (χ1v) is 16.4. The van der Waals surface area contributed by atoms with Crippen LogP contribution < -0.4 is 14.4 Å². The smallest absolute Gasteiger partial charge is 0.264 e. The van der Waals surface area contributed by atoms with Gasteiger partial charge < -0.3 is 19.8 Å². The SMILES string of the molecule is C[C@@H]1[C@@H](O)C/C=C/[C@H](O)[C@@H]2CC[C@H]2CN2C[C@@]3(CCCc4cc(Cl)ccc43)COc3ccc(cc32)C(=O)NS1(=O)=O. The van der Waals surface area contributed by atoms with Crippen molar-refractivity contribution in [2.45, 2.75) is 68.3 Å². The number of aliphatic hydroxyl groups excluding tert-OH is 2. The van der Waals surface area contributed by atoms with Crippen molar-refractivity contribution >= 4 is 33.2 Å². The number of rotatable bonds is 0. The van der Waals surface area contributed by atoms with Crippen LogP contribution in [0.4, 0.5) is 5.69 Å². The van der Waals surface area contributed by atoms with Gasteiger partial charge in [0, 0.05) is 29.1 Å². The quantitative estimate of drug-likeness (QED) is 0.392. The van der Waals surface area contributed by atoms with Gasteiger partial charge in [-0.05, 0) is 98.7 Å². The molecule has 220 valence electrons. The number of aryl methyl sites for hydroxylation is 1. The van der Waals surface area contributed by atoms with Crippen molar-refractivity contribution in [3.8, 4) is 5.75 Å². The van der Waals surface area contributed by atoms with Crippen molar-refractivity contribution in [2.24, 2.45) is 11.8 Å². The van der Waals surface area contributed by atoms with E-state index in [9.17, 15) is 23.4 Å². The first kappa shape index (κ1) is 28.5. The highest BCUT2D eigenvalue weighted by atomic mass is 35.5. The maximum Gasteiger partial charge on any atom is 0.264 e. The zero-order valence-electron chi connectivity index (χ0n) is 23.1. The van der Waals surface area contributed by atoms with Gasteiger partial charge in [-0.25, -0.2) is 13.1 Å². The average Bonchev–Trinajstić information content (AvgIpc) is 3.06. The second-order valence-electron chi connectivity index (χ2n) is 12.2. The number of hydrogen-bond donors (Lipinski definition) is 3. The molecule has 3 N–H and O–H groups in total. The molecule has 2 bridgehead atoms. The van der Waals surface area contributed by atoms with Gasteiger partial charge in [-0.1, -0.05) is 29.8 Å². The maximum absolute atomic E-state index is 13.2. The van der Waals surface area contributed by atoms with Crippen LogP contribution in [0.1, 0.15) is 60.5 Å². The van der Waals surface area contributed by atoms with Gasteiger partial charge in [-0.2, -0.15) is 0 Å². The van der Waals surface area contributed by atoms with Crippen LogP contribution in [0.15, 0.2) is 48.6 Å². The molecule has 2 aliphatic carbocycles. The second-order valence-corrected chi connectivity index (χ2v) is 14.7. The molecule has 1 saturated carbocycles. The van der Waals surface area contributed by atoms with Crippen LogP contribution in [0.25, 0.3) is 0 Å². The van der Waals surface area contributed by atoms with Crippen molar-refractivity contribution in [3.05, 3.63) is 70.3 Å². The number of amides is 1. The molecule has 1 fully saturated rings. The molecule has 0 saturated heterocycles. The minimum Gasteiger partial charge on any atom is -0.490 e. The second kappa shape index (κ2) is 10.9. The third-order valence-electron chi connectivity index (χ3n) is 9.65. The first-order chi connectivity index (χ1) is 19.6. The van der Waals surface area contributed by atoms with Gasteiger partial charge in [0.1, 0.15) is 11.0 Å². The molecule has 0 radical (unpaired) electrons. The summed E-state index contributed by atoms with van der Waals surface area (Å²) in [5.74, 6) is 0.164. The third kappa shape index (κ3) is 5.38. The van der Waals surface area contributed by atoms with Crippen LogP contribution in [-0.4, -0.2) is 61.7 Å². The van der Waals surface area contributed by atoms with Crippen molar-refractivity contribution in [2.75, 3.05) is 24.6 Å². The Morgan fingerprint density at radius 2 is 1.98 bits per heavy atom. The number of fused-ring (bicyclic) bond motifs is 4. The van der Waals surface area contributed by atoms with Crippen LogP contribution in [0, 0.1) is 11.8 Å². The van der Waals surface area contributed by atoms with E-state index in [1.807, 2.05) is 6.07 Å². The highest BCUT2D eigenvalue weighted by Gasteiger charge is 2.44. The van der Waals surface area contributed by atoms with Crippen molar-refractivity contribution in [1.29, 1.82) is 0 Å². The molecule has 10 heteroatoms. The Kier molecular flexibility index (Phi) is 7.59. The summed E-state index contributed by atoms with van der Waals surface area (Å²) in [7, 11) is -4.16. The van der Waals surface area contributed by atoms with Gasteiger partial charge in [-0.15, -0.1) is 0 Å². The molecule has 2 aromatic carbocycles. The van der Waals surface area contributed by atoms with Gasteiger partial charge in [-0.3, -0.25) is 4.79 Å². The van der Waals surface area contributed by atoms with E-state index in [1.165, 1.54) is 18.1 Å². The van der Waals surface area contributed by atoms with Gasteiger partial charge in [0.25, 0.3) is 5.91 Å². The molecule has 0 unspecified atom stereocenters. The summed E-state index contributed by atoms with van der Waals surface area (Å²) in [6.45, 7) is 3.17. The van der Waals surface area contributed by atoms with Crippen LogP contribution in [0.5, 0.6) is 5.75 Å². The van der Waals surface area contributed by atoms with Gasteiger partial charge in [0.05, 0.1) is 24.5 Å². The number of nitrogens with one attached hydrogen (secondary N) is 1. The number of carbonyl (C=O) groups excluding carboxylic acids is 1. The van der Waals surface area contributed by atoms with Crippen LogP contribution >= 0.6 is 11.6 Å². The van der Waals surface area contributed by atoms with E-state index in [1.54, 1.807) is 30.4 Å². The fourth-order valence-electron chi connectivity index (χ4n) is 6.99. The first-order valence-electron chi connectivity index (χ1n) is 14.5. The predicted molar refractivity (Wildman–Crippen MR) is 158 cm³/mol. The molecule has 2 heterocycles. The summed E-state index contributed by atoms with van der Waals surface area (Å²) < 4.78 is 34.6. The molecule has 2 aliphatic heterocycles. The summed E-state index contributed by atoms with van der Waals surface area (Å²) in [6, 6.07) is 11.1. The summed E-state index contributed by atoms with van der Waals surface area (Å²) in [4.78, 5) is 15.5. The standard InChI is InChI=1S/C31H37ClN2O6S/c1-19-27(35)5-2-6-28(36)24-10-7-22(24)16-34-17-31(13-3-4-20-14-23(32)9-11-25(20)31)18-40-29-12-8-21(15-26(29)34)30(37)33-41(19,38)39/h2,6,8-9,11-12,14-15,19,22,24,27-28,35-36H,3-5,7,10,13,16-18H2,1H3,(H,33,37)/b6-2+/t19-,22+,24-,27+,28+,31+/m1/s1. The number of anilines is 1. The number of ether oxygens (including phenoxy) is 1. The topological polar surface area (TPSA) is 116 Å². The Morgan fingerprint density at radius 3 is 2.76 bits per heavy atom. The van der Waals surface area contributed by atoms with Gasteiger partial charge in [0.15, 0.2) is 0 Å². The average molecular weight is 601 g/mol. The summed E-state index contributed by atoms with van der Waals surface area (Å²) in [6.07, 6.45) is 6.21. The molecular weight excluding hydrogens is 564 g/mol. The molecule has 6 atom stereocenters. The summed E-state index contributed by atoms with van der Waals surface area (Å²) in [5, 5.41) is 21.0. The van der Waals surface area contributed by atoms with E-state index >= 15 is 0 Å². The molecule has 1 amide bonds. The van der Waals surface area contributed by atoms with E-state index in [-0.39, 0.29) is 29.2 Å². The predicted octanol–water partition coefficient (Wildman–Crippen LogP) is 3.97. The normalized spacial score (nSPS) is 33.8. The summed E-state index contributed by atoms with van der Waals surface area (Å²) >= 11 is 6.36. The number of carbonyl (C=O) groups is 1. The number of halogens is 1. The van der Waals surface area contributed by atoms with E-state index < -0.39 is 33.4 Å². The van der Waals surface area contributed by atoms with Crippen molar-refractivity contribution in [1.82, 2.24) is 4.72 Å². The highest BCUT2D eigenvalue weighted by molar-refractivity contribution is 7.90. The van der Waals surface area contributed by atoms with Crippen LogP contribution in [0.3, 0.4) is 0 Å². The Hall–Kier alpha value is -2.59. The molecule has 6 rings (SSSR count). The van der Waals surface area contributed by atoms with E-state index in [4.69, 9.17) is 16.3 Å². The minimum absolute atomic E-state index is 0.0463. The third-order valence-corrected chi connectivity index (χ3v) is 11.6. The largest absolute Gasteiger partial charge is 0.490 e. The molecule has 0 aromatic heterocycles. The Morgan fingerprint density at radius 1 is 1.15 bits per heavy atom. The number of sulfonamides is 1. The van der Waals surface area contributed by atoms with E-state index in [0.29, 0.717) is 25.4 Å². The van der Waals surface area contributed by atoms with Crippen molar-refractivity contribution < 1.29 is 28.2 Å². The fraction of sp³-hybridized carbons (Fsp3) is 0.516. The van der Waals surface area contributed by atoms with E-state index in [0.717, 1.165) is 42.8 Å². The maximum atomic E-state index is 13.2. The lowest BCUT2D eigenvalue weighted by molar-refractivity contribution is 0.0454. The Balaban J connectivity index is 1.42. The molecule has 4 aliphatic rings. The lowest BCUT2D eigenvalue weighted by atomic mass is 9.68. The van der Waals surface area contributed by atoms with Gasteiger partial charge >= 0.3 is 0 Å². The van der Waals surface area contributed by atoms with E-state index in [2.05, 4.69) is 21.8 Å². The number of benzene rings is 2. The number of aliphatic hydroxyl groups is 2. The zero-order chi connectivity index (χ0) is 28.9. The zero-order valence-corrected chi connectivity index (χ0v) is 24.7. The lowest BCUT2D eigenvalue weighted by Crippen LogP contribution is -2.49. The van der Waals surface area contributed by atoms with Crippen LogP contribution in [0.2, 0.25) is 5.02 Å². The fourth-order valence-corrected chi connectivity index (χ4v) is 8.27. The Bertz CT molecular complexity index is 1480. The number of hydrogen-bond acceptors (Lipinski definition) is 7. The van der Waals surface area contributed by atoms with Crippen LogP contribution in [-0.2, 0) is 21.9 Å². The molecule has 1 spiro atoms. The highest BCUT2D eigenvalue weighted by Crippen LogP contribution is 2.46.